The van der Waals surface area contributed by atoms with E-state index in [0.717, 1.165) is 0 Å². The third kappa shape index (κ3) is 2.83. The molecule has 0 spiro atoms. The predicted octanol–water partition coefficient (Wildman–Crippen LogP) is 1.05. The van der Waals surface area contributed by atoms with Gasteiger partial charge in [0.15, 0.2) is 11.5 Å². The van der Waals surface area contributed by atoms with Crippen molar-refractivity contribution in [1.82, 2.24) is 10.2 Å². The van der Waals surface area contributed by atoms with Crippen molar-refractivity contribution in [2.45, 2.75) is 6.61 Å². The number of nitrogens with two attached hydrogens (primary N) is 1. The number of aliphatic hydroxyl groups is 1. The molecule has 0 fully saturated rings. The van der Waals surface area contributed by atoms with E-state index in [0.29, 0.717) is 22.6 Å². The van der Waals surface area contributed by atoms with Crippen LogP contribution in [-0.2, 0) is 6.61 Å². The molecule has 1 aromatic heterocycles. The summed E-state index contributed by atoms with van der Waals surface area (Å²) < 4.78 is 10.8. The summed E-state index contributed by atoms with van der Waals surface area (Å²) in [6.07, 6.45) is 1.43. The Kier molecular flexibility index (Phi) is 4.11. The van der Waals surface area contributed by atoms with E-state index in [-0.39, 0.29) is 18.3 Å². The monoisotopic (exact) mass is 274 g/mol. The summed E-state index contributed by atoms with van der Waals surface area (Å²) in [5.74, 6) is 0.792. The van der Waals surface area contributed by atoms with Gasteiger partial charge in [-0.2, -0.15) is 5.10 Å². The van der Waals surface area contributed by atoms with E-state index in [4.69, 9.17) is 25.7 Å². The quantitative estimate of drug-likeness (QED) is 0.554. The van der Waals surface area contributed by atoms with Crippen molar-refractivity contribution in [3.63, 3.8) is 0 Å². The summed E-state index contributed by atoms with van der Waals surface area (Å²) in [4.78, 5) is 0. The van der Waals surface area contributed by atoms with Gasteiger partial charge < -0.3 is 20.3 Å². The standard InChI is InChI=1S/C13H14N4O3/c1-19-11-6-8(7-18)2-3-10(11)20-13-9(12(14)15)4-5-16-17-13/h2-6,18H,7H2,1H3,(H3,14,15). The summed E-state index contributed by atoms with van der Waals surface area (Å²) in [7, 11) is 1.49. The first-order valence-corrected chi connectivity index (χ1v) is 5.77. The second-order valence-electron chi connectivity index (χ2n) is 3.91. The van der Waals surface area contributed by atoms with Crippen LogP contribution in [0.2, 0.25) is 0 Å². The normalized spacial score (nSPS) is 10.1. The first-order valence-electron chi connectivity index (χ1n) is 5.77. The fourth-order valence-corrected chi connectivity index (χ4v) is 1.60. The zero-order chi connectivity index (χ0) is 14.5. The predicted molar refractivity (Wildman–Crippen MR) is 72.0 cm³/mol. The van der Waals surface area contributed by atoms with Crippen LogP contribution in [0.4, 0.5) is 0 Å². The molecule has 104 valence electrons. The van der Waals surface area contributed by atoms with E-state index < -0.39 is 0 Å². The first kappa shape index (κ1) is 13.8. The van der Waals surface area contributed by atoms with Crippen molar-refractivity contribution in [1.29, 1.82) is 5.41 Å². The Bertz CT molecular complexity index is 631. The fraction of sp³-hybridized carbons (Fsp3) is 0.154. The van der Waals surface area contributed by atoms with Crippen LogP contribution in [0.5, 0.6) is 17.4 Å². The molecule has 0 bridgehead atoms. The molecule has 0 saturated heterocycles. The Labute approximate surface area is 115 Å². The van der Waals surface area contributed by atoms with Crippen molar-refractivity contribution >= 4 is 5.84 Å². The number of methoxy groups -OCH3 is 1. The maximum absolute atomic E-state index is 9.09. The zero-order valence-electron chi connectivity index (χ0n) is 10.8. The third-order valence-corrected chi connectivity index (χ3v) is 2.59. The summed E-state index contributed by atoms with van der Waals surface area (Å²) in [6.45, 7) is -0.0967. The van der Waals surface area contributed by atoms with E-state index >= 15 is 0 Å². The topological polar surface area (TPSA) is 114 Å². The van der Waals surface area contributed by atoms with Crippen LogP contribution in [0.25, 0.3) is 0 Å². The molecule has 1 aromatic carbocycles. The molecule has 0 aliphatic rings. The van der Waals surface area contributed by atoms with Gasteiger partial charge in [0.1, 0.15) is 5.84 Å². The zero-order valence-corrected chi connectivity index (χ0v) is 10.8. The number of nitrogen functional groups attached to an aromatic ring is 1. The Morgan fingerprint density at radius 1 is 1.35 bits per heavy atom. The molecule has 0 atom stereocenters. The van der Waals surface area contributed by atoms with Gasteiger partial charge in [-0.1, -0.05) is 6.07 Å². The SMILES string of the molecule is COc1cc(CO)ccc1Oc1nnccc1C(=N)N. The number of nitrogens with zero attached hydrogens (tertiary/aromatic N) is 2. The van der Waals surface area contributed by atoms with E-state index in [2.05, 4.69) is 10.2 Å². The van der Waals surface area contributed by atoms with E-state index in [1.807, 2.05) is 0 Å². The van der Waals surface area contributed by atoms with E-state index in [9.17, 15) is 0 Å². The third-order valence-electron chi connectivity index (χ3n) is 2.59. The average molecular weight is 274 g/mol. The second kappa shape index (κ2) is 5.98. The number of aromatic nitrogens is 2. The van der Waals surface area contributed by atoms with Crippen LogP contribution in [0.1, 0.15) is 11.1 Å². The highest BCUT2D eigenvalue weighted by atomic mass is 16.5. The summed E-state index contributed by atoms with van der Waals surface area (Å²) >= 11 is 0. The number of hydrogen-bond donors (Lipinski definition) is 3. The highest BCUT2D eigenvalue weighted by molar-refractivity contribution is 5.96. The van der Waals surface area contributed by atoms with Crippen molar-refractivity contribution in [2.75, 3.05) is 7.11 Å². The lowest BCUT2D eigenvalue weighted by atomic mass is 10.2. The molecule has 7 nitrogen and oxygen atoms in total. The van der Waals surface area contributed by atoms with E-state index in [1.165, 1.54) is 13.3 Å². The molecular weight excluding hydrogens is 260 g/mol. The van der Waals surface area contributed by atoms with Crippen LogP contribution >= 0.6 is 0 Å². The molecule has 4 N–H and O–H groups in total. The number of amidine groups is 1. The molecule has 0 unspecified atom stereocenters. The number of nitrogens with one attached hydrogen (secondary N) is 1. The van der Waals surface area contributed by atoms with Gasteiger partial charge in [0.25, 0.3) is 0 Å². The van der Waals surface area contributed by atoms with Crippen LogP contribution in [0.15, 0.2) is 30.5 Å². The lowest BCUT2D eigenvalue weighted by Crippen LogP contribution is -2.13. The van der Waals surface area contributed by atoms with Gasteiger partial charge in [0.05, 0.1) is 25.5 Å². The maximum Gasteiger partial charge on any atom is 0.250 e. The molecular formula is C13H14N4O3. The lowest BCUT2D eigenvalue weighted by molar-refractivity contribution is 0.280. The minimum absolute atomic E-state index is 0.0967. The van der Waals surface area contributed by atoms with E-state index in [1.54, 1.807) is 24.3 Å². The largest absolute Gasteiger partial charge is 0.493 e. The Morgan fingerprint density at radius 2 is 2.15 bits per heavy atom. The van der Waals surface area contributed by atoms with Crippen LogP contribution in [-0.4, -0.2) is 28.2 Å². The number of aliphatic hydroxyl groups excluding tert-OH is 1. The van der Waals surface area contributed by atoms with Gasteiger partial charge in [0, 0.05) is 0 Å². The molecule has 1 heterocycles. The van der Waals surface area contributed by atoms with Crippen molar-refractivity contribution in [2.24, 2.45) is 5.73 Å². The molecule has 0 aliphatic carbocycles. The number of rotatable bonds is 5. The summed E-state index contributed by atoms with van der Waals surface area (Å²) in [5, 5.41) is 24.1. The summed E-state index contributed by atoms with van der Waals surface area (Å²) in [5.41, 5.74) is 6.49. The molecule has 0 saturated carbocycles. The lowest BCUT2D eigenvalue weighted by Gasteiger charge is -2.12. The first-order chi connectivity index (χ1) is 9.65. The number of benzene rings is 1. The molecule has 0 amide bonds. The van der Waals surface area contributed by atoms with Crippen molar-refractivity contribution < 1.29 is 14.6 Å². The van der Waals surface area contributed by atoms with Gasteiger partial charge in [0.2, 0.25) is 5.88 Å². The molecule has 2 aromatic rings. The van der Waals surface area contributed by atoms with Gasteiger partial charge in [-0.3, -0.25) is 5.41 Å². The minimum atomic E-state index is -0.166. The highest BCUT2D eigenvalue weighted by Crippen LogP contribution is 2.32. The van der Waals surface area contributed by atoms with Gasteiger partial charge in [-0.25, -0.2) is 0 Å². The van der Waals surface area contributed by atoms with Crippen LogP contribution in [0.3, 0.4) is 0 Å². The molecule has 0 radical (unpaired) electrons. The highest BCUT2D eigenvalue weighted by Gasteiger charge is 2.13. The molecule has 2 rings (SSSR count). The van der Waals surface area contributed by atoms with Crippen molar-refractivity contribution in [3.05, 3.63) is 41.6 Å². The fourth-order valence-electron chi connectivity index (χ4n) is 1.60. The van der Waals surface area contributed by atoms with Gasteiger partial charge >= 0.3 is 0 Å². The second-order valence-corrected chi connectivity index (χ2v) is 3.91. The Balaban J connectivity index is 2.37. The average Bonchev–Trinajstić information content (AvgIpc) is 2.48. The molecule has 20 heavy (non-hydrogen) atoms. The van der Waals surface area contributed by atoms with Crippen LogP contribution in [0, 0.1) is 5.41 Å². The summed E-state index contributed by atoms with van der Waals surface area (Å²) in [6, 6.07) is 6.53. The Hall–Kier alpha value is -2.67. The molecule has 0 aliphatic heterocycles. The van der Waals surface area contributed by atoms with Gasteiger partial charge in [-0.15, -0.1) is 5.10 Å². The van der Waals surface area contributed by atoms with Gasteiger partial charge in [-0.05, 0) is 23.8 Å². The van der Waals surface area contributed by atoms with Crippen LogP contribution < -0.4 is 15.2 Å². The molecule has 7 heteroatoms. The minimum Gasteiger partial charge on any atom is -0.493 e. The maximum atomic E-state index is 9.09. The number of hydrogen-bond acceptors (Lipinski definition) is 6. The Morgan fingerprint density at radius 3 is 2.80 bits per heavy atom. The number of ether oxygens (including phenoxy) is 2. The van der Waals surface area contributed by atoms with Crippen molar-refractivity contribution in [3.8, 4) is 17.4 Å². The smallest absolute Gasteiger partial charge is 0.250 e.